The Kier molecular flexibility index (Phi) is 8.07. The van der Waals surface area contributed by atoms with Crippen LogP contribution in [0.3, 0.4) is 0 Å². The second kappa shape index (κ2) is 11.4. The number of aromatic nitrogens is 2. The maximum absolute atomic E-state index is 12.8. The van der Waals surface area contributed by atoms with E-state index < -0.39 is 5.91 Å². The molecule has 2 fully saturated rings. The quantitative estimate of drug-likeness (QED) is 0.586. The minimum absolute atomic E-state index is 0.0388. The average Bonchev–Trinajstić information content (AvgIpc) is 3.56. The van der Waals surface area contributed by atoms with Gasteiger partial charge in [0.05, 0.1) is 13.2 Å². The van der Waals surface area contributed by atoms with E-state index in [0.717, 1.165) is 43.6 Å². The molecule has 10 nitrogen and oxygen atoms in total. The molecular weight excluding hydrogens is 458 g/mol. The van der Waals surface area contributed by atoms with E-state index in [1.807, 2.05) is 0 Å². The maximum atomic E-state index is 12.8. The third-order valence-corrected chi connectivity index (χ3v) is 6.99. The summed E-state index contributed by atoms with van der Waals surface area (Å²) in [4.78, 5) is 39.2. The van der Waals surface area contributed by atoms with Gasteiger partial charge in [-0.3, -0.25) is 14.4 Å². The van der Waals surface area contributed by atoms with Crippen LogP contribution in [0.5, 0.6) is 5.75 Å². The molecular formula is C23H29N5O5S. The van der Waals surface area contributed by atoms with Gasteiger partial charge in [0, 0.05) is 38.3 Å². The second-order valence-electron chi connectivity index (χ2n) is 8.47. The number of carbonyl (C=O) groups is 3. The molecule has 1 atom stereocenters. The Labute approximate surface area is 202 Å². The highest BCUT2D eigenvalue weighted by molar-refractivity contribution is 7.15. The highest BCUT2D eigenvalue weighted by Crippen LogP contribution is 2.23. The SMILES string of the molecule is COc1ccc(NC(=O)c2nnc(C(=O)N3CCC(CC(=O)NCC4CCCO4)CC3)s2)cc1. The molecule has 34 heavy (non-hydrogen) atoms. The molecule has 1 aromatic heterocycles. The van der Waals surface area contributed by atoms with Gasteiger partial charge in [0.25, 0.3) is 11.8 Å². The number of carbonyl (C=O) groups excluding carboxylic acids is 3. The normalized spacial score (nSPS) is 18.5. The van der Waals surface area contributed by atoms with E-state index in [0.29, 0.717) is 37.5 Å². The van der Waals surface area contributed by atoms with Gasteiger partial charge in [-0.15, -0.1) is 10.2 Å². The number of nitrogens with zero attached hydrogens (tertiary/aromatic N) is 3. The van der Waals surface area contributed by atoms with Crippen molar-refractivity contribution in [3.05, 3.63) is 34.3 Å². The summed E-state index contributed by atoms with van der Waals surface area (Å²) in [6.45, 7) is 2.45. The van der Waals surface area contributed by atoms with Gasteiger partial charge in [0.1, 0.15) is 5.75 Å². The maximum Gasteiger partial charge on any atom is 0.286 e. The molecule has 2 aliphatic heterocycles. The van der Waals surface area contributed by atoms with Crippen LogP contribution in [0, 0.1) is 5.92 Å². The molecule has 1 unspecified atom stereocenters. The van der Waals surface area contributed by atoms with Crippen LogP contribution in [-0.2, 0) is 9.53 Å². The van der Waals surface area contributed by atoms with Crippen molar-refractivity contribution in [2.75, 3.05) is 38.7 Å². The number of rotatable bonds is 8. The summed E-state index contributed by atoms with van der Waals surface area (Å²) in [5.74, 6) is 0.312. The van der Waals surface area contributed by atoms with Gasteiger partial charge in [0.15, 0.2) is 0 Å². The predicted molar refractivity (Wildman–Crippen MR) is 126 cm³/mol. The molecule has 0 bridgehead atoms. The zero-order valence-corrected chi connectivity index (χ0v) is 19.9. The number of ether oxygens (including phenoxy) is 2. The van der Waals surface area contributed by atoms with Crippen LogP contribution >= 0.6 is 11.3 Å². The predicted octanol–water partition coefficient (Wildman–Crippen LogP) is 2.34. The van der Waals surface area contributed by atoms with Gasteiger partial charge < -0.3 is 25.0 Å². The Morgan fingerprint density at radius 1 is 1.12 bits per heavy atom. The summed E-state index contributed by atoms with van der Waals surface area (Å²) in [7, 11) is 1.57. The number of hydrogen-bond acceptors (Lipinski definition) is 8. The van der Waals surface area contributed by atoms with Crippen LogP contribution in [0.4, 0.5) is 5.69 Å². The summed E-state index contributed by atoms with van der Waals surface area (Å²) in [5, 5.41) is 13.8. The van der Waals surface area contributed by atoms with Gasteiger partial charge >= 0.3 is 0 Å². The smallest absolute Gasteiger partial charge is 0.286 e. The first-order valence-corrected chi connectivity index (χ1v) is 12.3. The number of anilines is 1. The number of hydrogen-bond donors (Lipinski definition) is 2. The van der Waals surface area contributed by atoms with Crippen molar-refractivity contribution in [2.24, 2.45) is 5.92 Å². The number of methoxy groups -OCH3 is 1. The van der Waals surface area contributed by atoms with E-state index in [-0.39, 0.29) is 33.9 Å². The van der Waals surface area contributed by atoms with Gasteiger partial charge in [0.2, 0.25) is 15.9 Å². The third-order valence-electron chi connectivity index (χ3n) is 6.08. The molecule has 0 saturated carbocycles. The van der Waals surface area contributed by atoms with Crippen LogP contribution < -0.4 is 15.4 Å². The lowest BCUT2D eigenvalue weighted by molar-refractivity contribution is -0.122. The van der Waals surface area contributed by atoms with E-state index in [4.69, 9.17) is 9.47 Å². The van der Waals surface area contributed by atoms with Crippen molar-refractivity contribution >= 4 is 34.7 Å². The van der Waals surface area contributed by atoms with E-state index >= 15 is 0 Å². The van der Waals surface area contributed by atoms with Crippen molar-refractivity contribution in [2.45, 2.75) is 38.2 Å². The first-order chi connectivity index (χ1) is 16.5. The number of benzene rings is 1. The second-order valence-corrected chi connectivity index (χ2v) is 9.45. The Hall–Kier alpha value is -3.05. The van der Waals surface area contributed by atoms with E-state index in [9.17, 15) is 14.4 Å². The number of nitrogens with one attached hydrogen (secondary N) is 2. The van der Waals surface area contributed by atoms with E-state index in [1.54, 1.807) is 36.3 Å². The Bertz CT molecular complexity index is 997. The molecule has 11 heteroatoms. The first-order valence-electron chi connectivity index (χ1n) is 11.5. The Morgan fingerprint density at radius 2 is 1.85 bits per heavy atom. The zero-order chi connectivity index (χ0) is 23.9. The molecule has 1 aromatic carbocycles. The summed E-state index contributed by atoms with van der Waals surface area (Å²) in [6.07, 6.45) is 4.15. The van der Waals surface area contributed by atoms with Crippen LogP contribution in [0.25, 0.3) is 0 Å². The highest BCUT2D eigenvalue weighted by Gasteiger charge is 2.28. The van der Waals surface area contributed by atoms with Crippen molar-refractivity contribution in [1.82, 2.24) is 20.4 Å². The van der Waals surface area contributed by atoms with Crippen molar-refractivity contribution in [3.63, 3.8) is 0 Å². The fourth-order valence-electron chi connectivity index (χ4n) is 4.10. The van der Waals surface area contributed by atoms with Crippen LogP contribution in [-0.4, -0.2) is 72.3 Å². The summed E-state index contributed by atoms with van der Waals surface area (Å²) < 4.78 is 10.6. The minimum Gasteiger partial charge on any atom is -0.497 e. The lowest BCUT2D eigenvalue weighted by Gasteiger charge is -2.31. The number of likely N-dealkylation sites (tertiary alicyclic amines) is 1. The molecule has 2 N–H and O–H groups in total. The van der Waals surface area contributed by atoms with Gasteiger partial charge in [-0.05, 0) is 55.9 Å². The molecule has 2 aliphatic rings. The highest BCUT2D eigenvalue weighted by atomic mass is 32.1. The van der Waals surface area contributed by atoms with Gasteiger partial charge in [-0.2, -0.15) is 0 Å². The molecule has 4 rings (SSSR count). The lowest BCUT2D eigenvalue weighted by Crippen LogP contribution is -2.40. The zero-order valence-electron chi connectivity index (χ0n) is 19.1. The van der Waals surface area contributed by atoms with Crippen LogP contribution in [0.2, 0.25) is 0 Å². The van der Waals surface area contributed by atoms with Gasteiger partial charge in [-0.1, -0.05) is 11.3 Å². The molecule has 0 spiro atoms. The van der Waals surface area contributed by atoms with E-state index in [1.165, 1.54) is 0 Å². The molecule has 182 valence electrons. The molecule has 2 saturated heterocycles. The Balaban J connectivity index is 1.22. The first kappa shape index (κ1) is 24.1. The topological polar surface area (TPSA) is 123 Å². The third kappa shape index (κ3) is 6.29. The minimum atomic E-state index is -0.422. The Morgan fingerprint density at radius 3 is 2.53 bits per heavy atom. The van der Waals surface area contributed by atoms with Crippen molar-refractivity contribution in [3.8, 4) is 5.75 Å². The summed E-state index contributed by atoms with van der Waals surface area (Å²) >= 11 is 0.974. The van der Waals surface area contributed by atoms with Crippen molar-refractivity contribution in [1.29, 1.82) is 0 Å². The van der Waals surface area contributed by atoms with Crippen LogP contribution in [0.1, 0.15) is 51.7 Å². The molecule has 0 aliphatic carbocycles. The van der Waals surface area contributed by atoms with Gasteiger partial charge in [-0.25, -0.2) is 0 Å². The van der Waals surface area contributed by atoms with Crippen molar-refractivity contribution < 1.29 is 23.9 Å². The number of piperidine rings is 1. The summed E-state index contributed by atoms with van der Waals surface area (Å²) in [5.41, 5.74) is 0.593. The molecule has 3 amide bonds. The average molecular weight is 488 g/mol. The summed E-state index contributed by atoms with van der Waals surface area (Å²) in [6, 6.07) is 6.91. The standard InChI is InChI=1S/C23H29N5O5S/c1-32-17-6-4-16(5-7-17)25-20(30)21-26-27-22(34-21)23(31)28-10-8-15(9-11-28)13-19(29)24-14-18-3-2-12-33-18/h4-7,15,18H,2-3,8-14H2,1H3,(H,24,29)(H,25,30). The largest absolute Gasteiger partial charge is 0.497 e. The molecule has 3 heterocycles. The number of amides is 3. The fourth-order valence-corrected chi connectivity index (χ4v) is 4.81. The fraction of sp³-hybridized carbons (Fsp3) is 0.522. The molecule has 0 radical (unpaired) electrons. The lowest BCUT2D eigenvalue weighted by atomic mass is 9.93. The van der Waals surface area contributed by atoms with E-state index in [2.05, 4.69) is 20.8 Å². The molecule has 2 aromatic rings. The van der Waals surface area contributed by atoms with Crippen LogP contribution in [0.15, 0.2) is 24.3 Å². The monoisotopic (exact) mass is 487 g/mol.